The second-order valence-corrected chi connectivity index (χ2v) is 1.28. The number of rotatable bonds is 0. The van der Waals surface area contributed by atoms with E-state index >= 15 is 0 Å². The minimum atomic E-state index is 0. The quantitative estimate of drug-likeness (QED) is 0.516. The van der Waals surface area contributed by atoms with Gasteiger partial charge in [-0.15, -0.1) is 0 Å². The number of aromatic nitrogens is 1. The Morgan fingerprint density at radius 1 is 1.25 bits per heavy atom. The zero-order chi connectivity index (χ0) is 5.11. The topological polar surface area (TPSA) is 38.9 Å². The number of nitrogens with zero attached hydrogens (tertiary/aromatic N) is 1. The molecule has 0 aliphatic rings. The Morgan fingerprint density at radius 2 is 1.75 bits per heavy atom. The number of anilines is 1. The fraction of sp³-hybridized carbons (Fsp3) is 0. The minimum Gasteiger partial charge on any atom is -0.399 e. The molecule has 2 nitrogen and oxygen atoms in total. The maximum atomic E-state index is 5.32. The van der Waals surface area contributed by atoms with Gasteiger partial charge in [0.15, 0.2) is 0 Å². The van der Waals surface area contributed by atoms with E-state index in [1.165, 1.54) is 0 Å². The Labute approximate surface area is 90.9 Å². The molecule has 0 atom stereocenters. The second-order valence-electron chi connectivity index (χ2n) is 1.28. The SMILES string of the molecule is Nc1ccncc1.[K]. The minimum absolute atomic E-state index is 0. The average molecular weight is 133 g/mol. The van der Waals surface area contributed by atoms with Gasteiger partial charge in [0.25, 0.3) is 0 Å². The molecule has 1 aromatic heterocycles. The number of nitrogens with two attached hydrogens (primary N) is 1. The van der Waals surface area contributed by atoms with Crippen LogP contribution in [-0.2, 0) is 0 Å². The predicted octanol–water partition coefficient (Wildman–Crippen LogP) is 0.283. The zero-order valence-electron chi connectivity index (χ0n) is 4.83. The molecule has 0 saturated heterocycles. The molecule has 1 rings (SSSR count). The number of hydrogen-bond acceptors (Lipinski definition) is 2. The summed E-state index contributed by atoms with van der Waals surface area (Å²) >= 11 is 0. The van der Waals surface area contributed by atoms with Crippen LogP contribution in [0.25, 0.3) is 0 Å². The van der Waals surface area contributed by atoms with Gasteiger partial charge >= 0.3 is 0 Å². The van der Waals surface area contributed by atoms with Crippen molar-refractivity contribution < 1.29 is 0 Å². The summed E-state index contributed by atoms with van der Waals surface area (Å²) in [5.41, 5.74) is 6.08. The molecule has 0 saturated carbocycles. The normalized spacial score (nSPS) is 7.50. The molecule has 0 spiro atoms. The van der Waals surface area contributed by atoms with Crippen LogP contribution < -0.4 is 5.73 Å². The Morgan fingerprint density at radius 3 is 2.00 bits per heavy atom. The van der Waals surface area contributed by atoms with Crippen molar-refractivity contribution in [3.05, 3.63) is 24.5 Å². The van der Waals surface area contributed by atoms with Gasteiger partial charge in [0.05, 0.1) is 0 Å². The van der Waals surface area contributed by atoms with Crippen molar-refractivity contribution in [2.45, 2.75) is 0 Å². The van der Waals surface area contributed by atoms with Gasteiger partial charge in [-0.2, -0.15) is 0 Å². The van der Waals surface area contributed by atoms with E-state index in [2.05, 4.69) is 4.98 Å². The first-order chi connectivity index (χ1) is 3.39. The molecule has 0 bridgehead atoms. The molecule has 0 unspecified atom stereocenters. The Bertz CT molecular complexity index is 140. The van der Waals surface area contributed by atoms with Crippen LogP contribution >= 0.6 is 0 Å². The third-order valence-electron chi connectivity index (χ3n) is 0.706. The monoisotopic (exact) mass is 133 g/mol. The van der Waals surface area contributed by atoms with E-state index in [9.17, 15) is 0 Å². The van der Waals surface area contributed by atoms with Gasteiger partial charge in [-0.25, -0.2) is 0 Å². The van der Waals surface area contributed by atoms with Crippen molar-refractivity contribution in [1.82, 2.24) is 4.98 Å². The van der Waals surface area contributed by atoms with Crippen LogP contribution in [-0.4, -0.2) is 56.4 Å². The van der Waals surface area contributed by atoms with E-state index in [0.717, 1.165) is 5.69 Å². The zero-order valence-corrected chi connectivity index (χ0v) is 7.96. The summed E-state index contributed by atoms with van der Waals surface area (Å²) in [7, 11) is 0. The summed E-state index contributed by atoms with van der Waals surface area (Å²) in [5.74, 6) is 0. The summed E-state index contributed by atoms with van der Waals surface area (Å²) < 4.78 is 0. The van der Waals surface area contributed by atoms with Gasteiger partial charge in [0.2, 0.25) is 0 Å². The Balaban J connectivity index is 0.000000490. The Hall–Kier alpha value is 0.586. The van der Waals surface area contributed by atoms with Crippen LogP contribution in [0.4, 0.5) is 5.69 Å². The van der Waals surface area contributed by atoms with E-state index in [1.807, 2.05) is 0 Å². The van der Waals surface area contributed by atoms with Gasteiger partial charge in [-0.1, -0.05) is 0 Å². The second kappa shape index (κ2) is 4.46. The van der Waals surface area contributed by atoms with Crippen molar-refractivity contribution >= 4 is 57.1 Å². The molecule has 1 heterocycles. The van der Waals surface area contributed by atoms with E-state index in [0.29, 0.717) is 0 Å². The first-order valence-corrected chi connectivity index (χ1v) is 2.05. The molecular weight excluding hydrogens is 127 g/mol. The molecule has 8 heavy (non-hydrogen) atoms. The summed E-state index contributed by atoms with van der Waals surface area (Å²) in [6.07, 6.45) is 3.32. The third-order valence-corrected chi connectivity index (χ3v) is 0.706. The fourth-order valence-corrected chi connectivity index (χ4v) is 0.363. The fourth-order valence-electron chi connectivity index (χ4n) is 0.363. The molecule has 0 aliphatic heterocycles. The molecule has 3 heteroatoms. The van der Waals surface area contributed by atoms with E-state index in [4.69, 9.17) is 5.73 Å². The standard InChI is InChI=1S/C5H6N2.K/c6-5-1-3-7-4-2-5;/h1-4H,(H2,6,7);. The van der Waals surface area contributed by atoms with Crippen LogP contribution in [0.15, 0.2) is 24.5 Å². The van der Waals surface area contributed by atoms with Crippen LogP contribution in [0.2, 0.25) is 0 Å². The third kappa shape index (κ3) is 2.79. The average Bonchev–Trinajstić information content (AvgIpc) is 1.69. The molecule has 0 amide bonds. The predicted molar refractivity (Wildman–Crippen MR) is 34.4 cm³/mol. The van der Waals surface area contributed by atoms with E-state index in [1.54, 1.807) is 24.5 Å². The summed E-state index contributed by atoms with van der Waals surface area (Å²) in [5, 5.41) is 0. The molecule has 2 N–H and O–H groups in total. The molecule has 1 radical (unpaired) electrons. The van der Waals surface area contributed by atoms with Crippen LogP contribution in [0.3, 0.4) is 0 Å². The van der Waals surface area contributed by atoms with Gasteiger partial charge < -0.3 is 5.73 Å². The van der Waals surface area contributed by atoms with Gasteiger partial charge in [0, 0.05) is 69.5 Å². The van der Waals surface area contributed by atoms with Crippen LogP contribution in [0.5, 0.6) is 0 Å². The Kier molecular flexibility index (Phi) is 4.79. The number of nitrogen functional groups attached to an aromatic ring is 1. The molecule has 37 valence electrons. The van der Waals surface area contributed by atoms with Crippen molar-refractivity contribution in [3.63, 3.8) is 0 Å². The maximum Gasteiger partial charge on any atom is 0.0344 e. The summed E-state index contributed by atoms with van der Waals surface area (Å²) in [6.45, 7) is 0. The van der Waals surface area contributed by atoms with Crippen molar-refractivity contribution in [2.75, 3.05) is 5.73 Å². The molecule has 0 aliphatic carbocycles. The van der Waals surface area contributed by atoms with Gasteiger partial charge in [0.1, 0.15) is 0 Å². The van der Waals surface area contributed by atoms with Crippen molar-refractivity contribution in [2.24, 2.45) is 0 Å². The van der Waals surface area contributed by atoms with Crippen LogP contribution in [0, 0.1) is 0 Å². The maximum absolute atomic E-state index is 5.32. The number of pyridine rings is 1. The van der Waals surface area contributed by atoms with Gasteiger partial charge in [-0.3, -0.25) is 4.98 Å². The molecule has 0 fully saturated rings. The molecule has 0 aromatic carbocycles. The molecular formula is C5H6KN2. The summed E-state index contributed by atoms with van der Waals surface area (Å²) in [4.78, 5) is 3.77. The smallest absolute Gasteiger partial charge is 0.0344 e. The van der Waals surface area contributed by atoms with E-state index < -0.39 is 0 Å². The first-order valence-electron chi connectivity index (χ1n) is 2.05. The number of hydrogen-bond donors (Lipinski definition) is 1. The first kappa shape index (κ1) is 8.59. The summed E-state index contributed by atoms with van der Waals surface area (Å²) in [6, 6.07) is 3.50. The largest absolute Gasteiger partial charge is 0.399 e. The van der Waals surface area contributed by atoms with Gasteiger partial charge in [-0.05, 0) is 12.1 Å². The van der Waals surface area contributed by atoms with Crippen molar-refractivity contribution in [3.8, 4) is 0 Å². The van der Waals surface area contributed by atoms with Crippen molar-refractivity contribution in [1.29, 1.82) is 0 Å². The van der Waals surface area contributed by atoms with Crippen LogP contribution in [0.1, 0.15) is 0 Å². The van der Waals surface area contributed by atoms with E-state index in [-0.39, 0.29) is 51.4 Å². The molecule has 1 aromatic rings.